The smallest absolute Gasteiger partial charge is 0.269 e. The van der Waals surface area contributed by atoms with Crippen molar-refractivity contribution in [2.45, 2.75) is 114 Å². The fraction of sp³-hybridized carbons (Fsp3) is 0.657. The first-order valence-corrected chi connectivity index (χ1v) is 18.7. The molecule has 52 heavy (non-hydrogen) atoms. The summed E-state index contributed by atoms with van der Waals surface area (Å²) in [5.74, 6) is -4.20. The summed E-state index contributed by atoms with van der Waals surface area (Å²) >= 11 is 0. The number of benzene rings is 1. The maximum absolute atomic E-state index is 14.5. The van der Waals surface area contributed by atoms with E-state index in [2.05, 4.69) is 27.0 Å². The van der Waals surface area contributed by atoms with Gasteiger partial charge in [0.05, 0.1) is 0 Å². The average molecular weight is 725 g/mol. The van der Waals surface area contributed by atoms with Gasteiger partial charge >= 0.3 is 0 Å². The highest BCUT2D eigenvalue weighted by Gasteiger charge is 2.49. The van der Waals surface area contributed by atoms with E-state index in [0.717, 1.165) is 0 Å². The van der Waals surface area contributed by atoms with Crippen molar-refractivity contribution in [2.24, 2.45) is 5.92 Å². The molecule has 1 aromatic carbocycles. The van der Waals surface area contributed by atoms with Gasteiger partial charge in [0.1, 0.15) is 36.3 Å². The summed E-state index contributed by atoms with van der Waals surface area (Å²) in [5, 5.41) is 20.0. The number of nitrogens with one attached hydrogen (secondary N) is 5. The molecule has 1 aromatic rings. The Morgan fingerprint density at radius 1 is 0.635 bits per heavy atom. The van der Waals surface area contributed by atoms with Crippen LogP contribution in [0.5, 0.6) is 0 Å². The van der Waals surface area contributed by atoms with Crippen molar-refractivity contribution in [3.05, 3.63) is 35.9 Å². The van der Waals surface area contributed by atoms with E-state index in [4.69, 9.17) is 0 Å². The zero-order valence-electron chi connectivity index (χ0n) is 30.0. The van der Waals surface area contributed by atoms with Gasteiger partial charge in [-0.05, 0) is 62.8 Å². The first kappa shape index (κ1) is 37.6. The zero-order valence-corrected chi connectivity index (χ0v) is 30.0. The van der Waals surface area contributed by atoms with E-state index in [1.54, 1.807) is 31.2 Å². The minimum Gasteiger partial charge on any atom is -0.342 e. The van der Waals surface area contributed by atoms with Crippen molar-refractivity contribution in [2.75, 3.05) is 26.2 Å². The van der Waals surface area contributed by atoms with E-state index in [-0.39, 0.29) is 12.8 Å². The summed E-state index contributed by atoms with van der Waals surface area (Å²) in [6.45, 7) is 5.21. The lowest BCUT2D eigenvalue weighted by Crippen LogP contribution is -2.71. The fourth-order valence-corrected chi connectivity index (χ4v) is 7.86. The highest BCUT2D eigenvalue weighted by Crippen LogP contribution is 2.26. The van der Waals surface area contributed by atoms with Crippen LogP contribution in [-0.4, -0.2) is 128 Å². The molecule has 5 aliphatic heterocycles. The number of hydrogen-bond acceptors (Lipinski definition) is 11. The second-order valence-corrected chi connectivity index (χ2v) is 14.4. The standard InChI is InChI=1S/C35H52N10O7/c1-3-22(2)29-35(51)44-28(16-10-20-39-44)34(50)43-27(15-9-19-38-43)33(49)42-26(14-8-18-37-42)32(48)41-25(13-7-17-36-41)30(46)40-24(31(47)45(29)52)21-23-11-5-4-6-12-23/h4-6,11-12,22,24-29,36-39,52H,3,7-10,13-21H2,1-2H3,(H,40,46). The molecule has 0 spiro atoms. The predicted octanol–water partition coefficient (Wildman–Crippen LogP) is -0.658. The van der Waals surface area contributed by atoms with Crippen molar-refractivity contribution in [3.63, 3.8) is 0 Å². The lowest BCUT2D eigenvalue weighted by atomic mass is 9.94. The second kappa shape index (κ2) is 16.7. The Bertz CT molecular complexity index is 1500. The van der Waals surface area contributed by atoms with E-state index in [0.29, 0.717) is 88.2 Å². The molecule has 5 fully saturated rings. The SMILES string of the molecule is CCC(C)C1C(=O)N2NCCCC2C(=O)N2NCCCC2C(=O)N2NCCCC2C(=O)N2NCCCC2C(=O)NC(Cc2ccccc2)C(=O)N1O. The predicted molar refractivity (Wildman–Crippen MR) is 185 cm³/mol. The molecular formula is C35H52N10O7. The summed E-state index contributed by atoms with van der Waals surface area (Å²) in [5.41, 5.74) is 13.0. The molecule has 5 saturated heterocycles. The van der Waals surface area contributed by atoms with Crippen LogP contribution in [0.1, 0.15) is 77.2 Å². The molecule has 0 radical (unpaired) electrons. The van der Waals surface area contributed by atoms with Crippen LogP contribution in [0, 0.1) is 5.92 Å². The summed E-state index contributed by atoms with van der Waals surface area (Å²) in [6.07, 6.45) is 3.94. The molecular weight excluding hydrogens is 672 g/mol. The number of nitrogens with zero attached hydrogens (tertiary/aromatic N) is 5. The largest absolute Gasteiger partial charge is 0.342 e. The van der Waals surface area contributed by atoms with Crippen molar-refractivity contribution in [3.8, 4) is 0 Å². The number of amides is 6. The van der Waals surface area contributed by atoms with Gasteiger partial charge in [0.15, 0.2) is 0 Å². The molecule has 7 unspecified atom stereocenters. The fourth-order valence-electron chi connectivity index (χ4n) is 7.86. The third-order valence-corrected chi connectivity index (χ3v) is 10.9. The van der Waals surface area contributed by atoms with Crippen LogP contribution in [0.3, 0.4) is 0 Å². The quantitative estimate of drug-likeness (QED) is 0.216. The lowest BCUT2D eigenvalue weighted by Gasteiger charge is -2.46. The van der Waals surface area contributed by atoms with Crippen LogP contribution in [0.2, 0.25) is 0 Å². The Hall–Kier alpha value is -4.16. The zero-order chi connectivity index (χ0) is 36.9. The van der Waals surface area contributed by atoms with Crippen molar-refractivity contribution < 1.29 is 34.0 Å². The van der Waals surface area contributed by atoms with Gasteiger partial charge in [0, 0.05) is 32.6 Å². The van der Waals surface area contributed by atoms with E-state index in [1.807, 2.05) is 13.0 Å². The first-order valence-electron chi connectivity index (χ1n) is 18.7. The number of carbonyl (C=O) groups excluding carboxylic acids is 6. The summed E-state index contributed by atoms with van der Waals surface area (Å²) < 4.78 is 0. The Morgan fingerprint density at radius 2 is 1.06 bits per heavy atom. The van der Waals surface area contributed by atoms with Crippen molar-refractivity contribution in [1.82, 2.24) is 52.1 Å². The van der Waals surface area contributed by atoms with Gasteiger partial charge in [0.25, 0.3) is 29.5 Å². The van der Waals surface area contributed by atoms with E-state index >= 15 is 0 Å². The molecule has 17 heteroatoms. The Labute approximate surface area is 303 Å². The maximum Gasteiger partial charge on any atom is 0.269 e. The molecule has 0 aromatic heterocycles. The van der Waals surface area contributed by atoms with Crippen LogP contribution in [0.25, 0.3) is 0 Å². The van der Waals surface area contributed by atoms with Crippen LogP contribution in [0.15, 0.2) is 30.3 Å². The molecule has 0 aliphatic carbocycles. The molecule has 0 saturated carbocycles. The van der Waals surface area contributed by atoms with Crippen LogP contribution in [-0.2, 0) is 35.2 Å². The molecule has 6 rings (SSSR count). The lowest BCUT2D eigenvalue weighted by molar-refractivity contribution is -0.194. The van der Waals surface area contributed by atoms with Gasteiger partial charge in [-0.25, -0.2) is 26.8 Å². The van der Waals surface area contributed by atoms with Gasteiger partial charge < -0.3 is 5.32 Å². The average Bonchev–Trinajstić information content (AvgIpc) is 3.19. The minimum absolute atomic E-state index is 0.00208. The Balaban J connectivity index is 1.44. The Kier molecular flexibility index (Phi) is 12.1. The topological polar surface area (TPSA) is 199 Å². The number of hydrogen-bond donors (Lipinski definition) is 6. The highest BCUT2D eigenvalue weighted by molar-refractivity contribution is 5.98. The summed E-state index contributed by atoms with van der Waals surface area (Å²) in [6, 6.07) is 2.24. The molecule has 17 nitrogen and oxygen atoms in total. The molecule has 6 amide bonds. The monoisotopic (exact) mass is 724 g/mol. The summed E-state index contributed by atoms with van der Waals surface area (Å²) in [4.78, 5) is 86.3. The number of hydroxylamine groups is 2. The summed E-state index contributed by atoms with van der Waals surface area (Å²) in [7, 11) is 0. The third kappa shape index (κ3) is 7.64. The minimum atomic E-state index is -1.41. The van der Waals surface area contributed by atoms with Crippen LogP contribution in [0.4, 0.5) is 0 Å². The second-order valence-electron chi connectivity index (χ2n) is 14.4. The van der Waals surface area contributed by atoms with E-state index < -0.39 is 77.6 Å². The molecule has 5 heterocycles. The third-order valence-electron chi connectivity index (χ3n) is 10.9. The number of rotatable bonds is 4. The first-order chi connectivity index (χ1) is 25.1. The van der Waals surface area contributed by atoms with Crippen molar-refractivity contribution in [1.29, 1.82) is 0 Å². The van der Waals surface area contributed by atoms with Gasteiger partial charge in [-0.15, -0.1) is 0 Å². The van der Waals surface area contributed by atoms with Gasteiger partial charge in [-0.1, -0.05) is 50.6 Å². The van der Waals surface area contributed by atoms with Gasteiger partial charge in [0.2, 0.25) is 5.91 Å². The Morgan fingerprint density at radius 3 is 1.52 bits per heavy atom. The molecule has 6 N–H and O–H groups in total. The normalized spacial score (nSPS) is 30.8. The van der Waals surface area contributed by atoms with Crippen LogP contribution < -0.4 is 27.0 Å². The van der Waals surface area contributed by atoms with Crippen molar-refractivity contribution >= 4 is 35.4 Å². The number of hydrazine groups is 4. The van der Waals surface area contributed by atoms with E-state index in [1.165, 1.54) is 20.0 Å². The molecule has 7 atom stereocenters. The van der Waals surface area contributed by atoms with Gasteiger partial charge in [-0.3, -0.25) is 54.0 Å². The number of carbonyl (C=O) groups is 6. The van der Waals surface area contributed by atoms with Crippen LogP contribution >= 0.6 is 0 Å². The van der Waals surface area contributed by atoms with Gasteiger partial charge in [-0.2, -0.15) is 0 Å². The van der Waals surface area contributed by atoms with E-state index in [9.17, 15) is 34.0 Å². The number of fused-ring (bicyclic) bond motifs is 4. The molecule has 5 aliphatic rings. The maximum atomic E-state index is 14.5. The molecule has 284 valence electrons. The molecule has 0 bridgehead atoms. The highest BCUT2D eigenvalue weighted by atomic mass is 16.5.